The molecule has 1 atom stereocenters. The Morgan fingerprint density at radius 3 is 2.67 bits per heavy atom. The van der Waals surface area contributed by atoms with Crippen molar-refractivity contribution in [2.45, 2.75) is 46.7 Å². The predicted octanol–water partition coefficient (Wildman–Crippen LogP) is 1.87. The quantitative estimate of drug-likeness (QED) is 0.845. The number of likely N-dealkylation sites (N-methyl/N-ethyl adjacent to an activating group) is 1. The Hall–Kier alpha value is -1.69. The lowest BCUT2D eigenvalue weighted by molar-refractivity contribution is 0.446. The maximum absolute atomic E-state index is 4.45. The average molecular weight is 290 g/mol. The summed E-state index contributed by atoms with van der Waals surface area (Å²) in [5, 5.41) is 12.3. The molecule has 0 aromatic carbocycles. The second kappa shape index (κ2) is 6.85. The highest BCUT2D eigenvalue weighted by molar-refractivity contribution is 5.21. The molecular formula is C15H26N6. The molecule has 2 heterocycles. The zero-order chi connectivity index (χ0) is 15.4. The molecule has 0 amide bonds. The molecule has 2 aromatic rings. The minimum absolute atomic E-state index is 0.221. The summed E-state index contributed by atoms with van der Waals surface area (Å²) in [7, 11) is 1.96. The fraction of sp³-hybridized carbons (Fsp3) is 0.667. The van der Waals surface area contributed by atoms with Crippen LogP contribution in [0.3, 0.4) is 0 Å². The molecule has 0 aliphatic rings. The van der Waals surface area contributed by atoms with E-state index in [0.29, 0.717) is 5.92 Å². The van der Waals surface area contributed by atoms with E-state index in [2.05, 4.69) is 54.4 Å². The van der Waals surface area contributed by atoms with Gasteiger partial charge in [-0.2, -0.15) is 10.2 Å². The Kier molecular flexibility index (Phi) is 5.12. The lowest BCUT2D eigenvalue weighted by Crippen LogP contribution is -2.25. The molecule has 0 fully saturated rings. The van der Waals surface area contributed by atoms with Crippen molar-refractivity contribution in [3.8, 4) is 0 Å². The van der Waals surface area contributed by atoms with Gasteiger partial charge in [-0.1, -0.05) is 20.8 Å². The van der Waals surface area contributed by atoms with Crippen molar-refractivity contribution in [2.24, 2.45) is 13.0 Å². The van der Waals surface area contributed by atoms with E-state index in [9.17, 15) is 0 Å². The fourth-order valence-corrected chi connectivity index (χ4v) is 2.63. The maximum atomic E-state index is 4.45. The number of hydrogen-bond acceptors (Lipinski definition) is 4. The number of nitrogens with one attached hydrogen (secondary N) is 1. The minimum Gasteiger partial charge on any atom is -0.310 e. The summed E-state index contributed by atoms with van der Waals surface area (Å²) in [4.78, 5) is 4.44. The Balaban J connectivity index is 2.20. The van der Waals surface area contributed by atoms with Gasteiger partial charge in [0.05, 0.1) is 5.69 Å². The summed E-state index contributed by atoms with van der Waals surface area (Å²) in [5.74, 6) is 1.58. The van der Waals surface area contributed by atoms with Gasteiger partial charge in [-0.3, -0.25) is 4.68 Å². The van der Waals surface area contributed by atoms with Crippen LogP contribution in [0.25, 0.3) is 0 Å². The first-order chi connectivity index (χ1) is 10.0. The van der Waals surface area contributed by atoms with Crippen LogP contribution in [0, 0.1) is 12.8 Å². The van der Waals surface area contributed by atoms with Crippen molar-refractivity contribution < 1.29 is 0 Å². The molecule has 6 heteroatoms. The van der Waals surface area contributed by atoms with Gasteiger partial charge in [0.2, 0.25) is 0 Å². The zero-order valence-corrected chi connectivity index (χ0v) is 13.7. The molecule has 2 aromatic heterocycles. The van der Waals surface area contributed by atoms with Crippen LogP contribution in [0.1, 0.15) is 43.9 Å². The van der Waals surface area contributed by atoms with E-state index in [-0.39, 0.29) is 6.04 Å². The monoisotopic (exact) mass is 290 g/mol. The third-order valence-electron chi connectivity index (χ3n) is 3.50. The molecule has 6 nitrogen and oxygen atoms in total. The van der Waals surface area contributed by atoms with E-state index in [0.717, 1.165) is 31.0 Å². The van der Waals surface area contributed by atoms with Crippen LogP contribution in [-0.2, 0) is 20.0 Å². The van der Waals surface area contributed by atoms with Crippen LogP contribution < -0.4 is 5.32 Å². The second-order valence-electron chi connectivity index (χ2n) is 5.91. The second-order valence-corrected chi connectivity index (χ2v) is 5.91. The van der Waals surface area contributed by atoms with Crippen molar-refractivity contribution in [3.63, 3.8) is 0 Å². The first-order valence-corrected chi connectivity index (χ1v) is 7.61. The normalized spacial score (nSPS) is 13.0. The molecule has 21 heavy (non-hydrogen) atoms. The fourth-order valence-electron chi connectivity index (χ4n) is 2.63. The lowest BCUT2D eigenvalue weighted by Gasteiger charge is -2.18. The highest BCUT2D eigenvalue weighted by Crippen LogP contribution is 2.20. The third-order valence-corrected chi connectivity index (χ3v) is 3.50. The summed E-state index contributed by atoms with van der Waals surface area (Å²) < 4.78 is 3.88. The lowest BCUT2D eigenvalue weighted by atomic mass is 10.0. The molecule has 0 radical (unpaired) electrons. The van der Waals surface area contributed by atoms with Crippen molar-refractivity contribution in [3.05, 3.63) is 29.6 Å². The number of aromatic nitrogens is 5. The van der Waals surface area contributed by atoms with Crippen molar-refractivity contribution in [1.82, 2.24) is 29.9 Å². The number of rotatable bonds is 7. The van der Waals surface area contributed by atoms with Gasteiger partial charge >= 0.3 is 0 Å². The van der Waals surface area contributed by atoms with Gasteiger partial charge in [0.1, 0.15) is 12.2 Å². The number of nitrogens with zero attached hydrogens (tertiary/aromatic N) is 5. The average Bonchev–Trinajstić information content (AvgIpc) is 2.95. The van der Waals surface area contributed by atoms with Crippen LogP contribution in [0.15, 0.2) is 12.5 Å². The Labute approximate surface area is 126 Å². The van der Waals surface area contributed by atoms with Crippen molar-refractivity contribution in [1.29, 1.82) is 0 Å². The van der Waals surface area contributed by atoms with Gasteiger partial charge in [-0.25, -0.2) is 9.67 Å². The van der Waals surface area contributed by atoms with Crippen LogP contribution in [0.2, 0.25) is 0 Å². The Morgan fingerprint density at radius 1 is 1.33 bits per heavy atom. The molecule has 0 spiro atoms. The third kappa shape index (κ3) is 3.91. The summed E-state index contributed by atoms with van der Waals surface area (Å²) in [5.41, 5.74) is 2.30. The van der Waals surface area contributed by atoms with Crippen LogP contribution >= 0.6 is 0 Å². The molecule has 0 bridgehead atoms. The van der Waals surface area contributed by atoms with Gasteiger partial charge in [0.15, 0.2) is 0 Å². The standard InChI is InChI=1S/C15H26N6/c1-6-16-14(13-9-20(5)19-12(13)4)7-15-17-10-18-21(15)8-11(2)3/h9-11,14,16H,6-8H2,1-5H3. The van der Waals surface area contributed by atoms with E-state index in [1.54, 1.807) is 6.33 Å². The predicted molar refractivity (Wildman–Crippen MR) is 82.9 cm³/mol. The van der Waals surface area contributed by atoms with Crippen LogP contribution in [0.4, 0.5) is 0 Å². The first kappa shape index (κ1) is 15.7. The zero-order valence-electron chi connectivity index (χ0n) is 13.7. The summed E-state index contributed by atoms with van der Waals surface area (Å²) in [6, 6.07) is 0.221. The number of aryl methyl sites for hydroxylation is 2. The minimum atomic E-state index is 0.221. The molecular weight excluding hydrogens is 264 g/mol. The van der Waals surface area contributed by atoms with E-state index < -0.39 is 0 Å². The van der Waals surface area contributed by atoms with Crippen molar-refractivity contribution in [2.75, 3.05) is 6.54 Å². The number of hydrogen-bond donors (Lipinski definition) is 1. The van der Waals surface area contributed by atoms with E-state index in [4.69, 9.17) is 0 Å². The van der Waals surface area contributed by atoms with Gasteiger partial charge in [-0.15, -0.1) is 0 Å². The van der Waals surface area contributed by atoms with Gasteiger partial charge in [0.25, 0.3) is 0 Å². The van der Waals surface area contributed by atoms with Gasteiger partial charge in [0, 0.05) is 37.8 Å². The molecule has 1 N–H and O–H groups in total. The largest absolute Gasteiger partial charge is 0.310 e. The van der Waals surface area contributed by atoms with E-state index in [1.165, 1.54) is 5.56 Å². The van der Waals surface area contributed by atoms with Gasteiger partial charge < -0.3 is 5.32 Å². The summed E-state index contributed by atoms with van der Waals surface area (Å²) >= 11 is 0. The molecule has 0 saturated carbocycles. The van der Waals surface area contributed by atoms with Crippen LogP contribution in [0.5, 0.6) is 0 Å². The topological polar surface area (TPSA) is 60.6 Å². The molecule has 116 valence electrons. The highest BCUT2D eigenvalue weighted by atomic mass is 15.3. The van der Waals surface area contributed by atoms with Crippen LogP contribution in [-0.4, -0.2) is 31.1 Å². The van der Waals surface area contributed by atoms with Crippen molar-refractivity contribution >= 4 is 0 Å². The first-order valence-electron chi connectivity index (χ1n) is 7.61. The maximum Gasteiger partial charge on any atom is 0.138 e. The van der Waals surface area contributed by atoms with Gasteiger partial charge in [-0.05, 0) is 19.4 Å². The Morgan fingerprint density at radius 2 is 2.10 bits per heavy atom. The molecule has 0 saturated heterocycles. The SMILES string of the molecule is CCNC(Cc1ncnn1CC(C)C)c1cn(C)nc1C. The Bertz CT molecular complexity index is 568. The summed E-state index contributed by atoms with van der Waals surface area (Å²) in [6.45, 7) is 10.4. The summed E-state index contributed by atoms with van der Waals surface area (Å²) in [6.07, 6.45) is 4.57. The highest BCUT2D eigenvalue weighted by Gasteiger charge is 2.19. The molecule has 0 aliphatic carbocycles. The molecule has 0 aliphatic heterocycles. The molecule has 1 unspecified atom stereocenters. The van der Waals surface area contributed by atoms with E-state index >= 15 is 0 Å². The smallest absolute Gasteiger partial charge is 0.138 e. The van der Waals surface area contributed by atoms with E-state index in [1.807, 2.05) is 16.4 Å². The molecule has 2 rings (SSSR count).